The molecule has 3 rings (SSSR count). The van der Waals surface area contributed by atoms with Crippen molar-refractivity contribution in [2.75, 3.05) is 19.7 Å². The second-order valence-corrected chi connectivity index (χ2v) is 9.11. The van der Waals surface area contributed by atoms with Crippen molar-refractivity contribution in [3.63, 3.8) is 0 Å². The van der Waals surface area contributed by atoms with E-state index in [2.05, 4.69) is 32.9 Å². The smallest absolute Gasteiger partial charge is 0.222 e. The van der Waals surface area contributed by atoms with Crippen LogP contribution in [-0.4, -0.2) is 36.3 Å². The minimum atomic E-state index is 0.0239. The molecule has 2 aromatic rings. The Morgan fingerprint density at radius 3 is 2.20 bits per heavy atom. The Labute approximate surface area is 180 Å². The first-order valence-electron chi connectivity index (χ1n) is 10.9. The minimum absolute atomic E-state index is 0.0239. The Balaban J connectivity index is 1.36. The van der Waals surface area contributed by atoms with Gasteiger partial charge in [0.1, 0.15) is 5.75 Å². The fourth-order valence-electron chi connectivity index (χ4n) is 3.85. The number of benzene rings is 2. The third kappa shape index (κ3) is 5.94. The van der Waals surface area contributed by atoms with E-state index in [0.29, 0.717) is 32.5 Å². The summed E-state index contributed by atoms with van der Waals surface area (Å²) in [4.78, 5) is 27.0. The van der Waals surface area contributed by atoms with E-state index < -0.39 is 0 Å². The van der Waals surface area contributed by atoms with Crippen molar-refractivity contribution in [3.05, 3.63) is 65.7 Å². The molecule has 1 aliphatic rings. The number of ether oxygens (including phenoxy) is 1. The van der Waals surface area contributed by atoms with E-state index >= 15 is 0 Å². The molecule has 4 nitrogen and oxygen atoms in total. The lowest BCUT2D eigenvalue weighted by molar-refractivity contribution is -0.132. The zero-order valence-electron chi connectivity index (χ0n) is 18.4. The van der Waals surface area contributed by atoms with E-state index in [1.165, 1.54) is 5.56 Å². The number of carbonyl (C=O) groups excluding carboxylic acids is 2. The molecule has 0 radical (unpaired) electrons. The molecule has 0 N–H and O–H groups in total. The summed E-state index contributed by atoms with van der Waals surface area (Å²) in [7, 11) is 0. The molecule has 0 spiro atoms. The number of hydrogen-bond donors (Lipinski definition) is 0. The van der Waals surface area contributed by atoms with Crippen molar-refractivity contribution in [2.45, 2.75) is 51.9 Å². The minimum Gasteiger partial charge on any atom is -0.494 e. The Morgan fingerprint density at radius 1 is 0.967 bits per heavy atom. The molecular formula is C26H33NO3. The summed E-state index contributed by atoms with van der Waals surface area (Å²) < 4.78 is 5.79. The standard InChI is InChI=1S/C26H33NO3/c1-26(2,3)22-11-13-23(14-12-22)30-19-7-10-24(28)27-17-15-21(16-18-27)25(29)20-8-5-4-6-9-20/h4-6,8-9,11-14,21H,7,10,15-19H2,1-3H3. The third-order valence-corrected chi connectivity index (χ3v) is 5.80. The quantitative estimate of drug-likeness (QED) is 0.464. The first-order valence-corrected chi connectivity index (χ1v) is 10.9. The van der Waals surface area contributed by atoms with Gasteiger partial charge in [-0.05, 0) is 42.4 Å². The number of rotatable bonds is 7. The summed E-state index contributed by atoms with van der Waals surface area (Å²) in [6.45, 7) is 8.43. The van der Waals surface area contributed by atoms with Crippen molar-refractivity contribution in [3.8, 4) is 5.75 Å². The summed E-state index contributed by atoms with van der Waals surface area (Å²) in [5.41, 5.74) is 2.18. The molecule has 1 saturated heterocycles. The SMILES string of the molecule is CC(C)(C)c1ccc(OCCCC(=O)N2CCC(C(=O)c3ccccc3)CC2)cc1. The highest BCUT2D eigenvalue weighted by molar-refractivity contribution is 5.98. The second-order valence-electron chi connectivity index (χ2n) is 9.11. The number of Topliss-reactive ketones (excluding diaryl/α,β-unsaturated/α-hetero) is 1. The lowest BCUT2D eigenvalue weighted by Gasteiger charge is -2.31. The van der Waals surface area contributed by atoms with Crippen molar-refractivity contribution < 1.29 is 14.3 Å². The van der Waals surface area contributed by atoms with Crippen LogP contribution in [0.4, 0.5) is 0 Å². The predicted molar refractivity (Wildman–Crippen MR) is 120 cm³/mol. The van der Waals surface area contributed by atoms with E-state index in [0.717, 1.165) is 24.2 Å². The van der Waals surface area contributed by atoms with Gasteiger partial charge >= 0.3 is 0 Å². The average Bonchev–Trinajstić information content (AvgIpc) is 2.76. The van der Waals surface area contributed by atoms with Crippen LogP contribution in [0.1, 0.15) is 62.4 Å². The van der Waals surface area contributed by atoms with Gasteiger partial charge in [0.2, 0.25) is 5.91 Å². The fourth-order valence-corrected chi connectivity index (χ4v) is 3.85. The average molecular weight is 408 g/mol. The van der Waals surface area contributed by atoms with Gasteiger partial charge in [0.15, 0.2) is 5.78 Å². The van der Waals surface area contributed by atoms with E-state index in [1.54, 1.807) is 0 Å². The summed E-state index contributed by atoms with van der Waals surface area (Å²) in [5.74, 6) is 1.23. The number of ketones is 1. The number of carbonyl (C=O) groups is 2. The second kappa shape index (κ2) is 9.92. The van der Waals surface area contributed by atoms with Gasteiger partial charge in [0, 0.05) is 31.0 Å². The van der Waals surface area contributed by atoms with Crippen LogP contribution < -0.4 is 4.74 Å². The number of amides is 1. The molecule has 160 valence electrons. The van der Waals surface area contributed by atoms with E-state index in [4.69, 9.17) is 4.74 Å². The van der Waals surface area contributed by atoms with Crippen molar-refractivity contribution in [1.82, 2.24) is 4.90 Å². The van der Waals surface area contributed by atoms with Gasteiger partial charge in [-0.25, -0.2) is 0 Å². The van der Waals surface area contributed by atoms with Gasteiger partial charge in [-0.2, -0.15) is 0 Å². The zero-order chi connectivity index (χ0) is 21.6. The van der Waals surface area contributed by atoms with Gasteiger partial charge < -0.3 is 9.64 Å². The summed E-state index contributed by atoms with van der Waals surface area (Å²) >= 11 is 0. The highest BCUT2D eigenvalue weighted by Gasteiger charge is 2.27. The zero-order valence-corrected chi connectivity index (χ0v) is 18.4. The van der Waals surface area contributed by atoms with Crippen LogP contribution in [0.5, 0.6) is 5.75 Å². The van der Waals surface area contributed by atoms with Crippen molar-refractivity contribution in [2.24, 2.45) is 5.92 Å². The topological polar surface area (TPSA) is 46.6 Å². The van der Waals surface area contributed by atoms with Gasteiger partial charge in [-0.15, -0.1) is 0 Å². The summed E-state index contributed by atoms with van der Waals surface area (Å²) in [5, 5.41) is 0. The fraction of sp³-hybridized carbons (Fsp3) is 0.462. The van der Waals surface area contributed by atoms with Gasteiger partial charge in [0.25, 0.3) is 0 Å². The maximum absolute atomic E-state index is 12.6. The van der Waals surface area contributed by atoms with Crippen LogP contribution in [-0.2, 0) is 10.2 Å². The van der Waals surface area contributed by atoms with Crippen LogP contribution in [0.25, 0.3) is 0 Å². The first kappa shape index (κ1) is 22.1. The Morgan fingerprint density at radius 2 is 1.60 bits per heavy atom. The molecule has 1 heterocycles. The summed E-state index contributed by atoms with van der Waals surface area (Å²) in [6, 6.07) is 17.6. The Hall–Kier alpha value is -2.62. The largest absolute Gasteiger partial charge is 0.494 e. The highest BCUT2D eigenvalue weighted by Crippen LogP contribution is 2.25. The Bertz CT molecular complexity index is 829. The number of piperidine rings is 1. The molecule has 1 fully saturated rings. The monoisotopic (exact) mass is 407 g/mol. The van der Waals surface area contributed by atoms with Gasteiger partial charge in [-0.3, -0.25) is 9.59 Å². The van der Waals surface area contributed by atoms with E-state index in [9.17, 15) is 9.59 Å². The molecule has 0 bridgehead atoms. The maximum Gasteiger partial charge on any atom is 0.222 e. The highest BCUT2D eigenvalue weighted by atomic mass is 16.5. The van der Waals surface area contributed by atoms with Crippen LogP contribution in [0.15, 0.2) is 54.6 Å². The van der Waals surface area contributed by atoms with Crippen LogP contribution >= 0.6 is 0 Å². The van der Waals surface area contributed by atoms with Crippen LogP contribution in [0, 0.1) is 5.92 Å². The molecule has 4 heteroatoms. The van der Waals surface area contributed by atoms with Gasteiger partial charge in [-0.1, -0.05) is 63.2 Å². The molecule has 0 saturated carbocycles. The molecule has 2 aromatic carbocycles. The van der Waals surface area contributed by atoms with Crippen LogP contribution in [0.3, 0.4) is 0 Å². The number of likely N-dealkylation sites (tertiary alicyclic amines) is 1. The summed E-state index contributed by atoms with van der Waals surface area (Å²) in [6.07, 6.45) is 2.67. The molecule has 0 aliphatic carbocycles. The Kier molecular flexibility index (Phi) is 7.30. The molecule has 1 aliphatic heterocycles. The first-order chi connectivity index (χ1) is 14.3. The molecule has 0 aromatic heterocycles. The van der Waals surface area contributed by atoms with E-state index in [1.807, 2.05) is 47.4 Å². The molecular weight excluding hydrogens is 374 g/mol. The normalized spacial score (nSPS) is 15.1. The molecule has 1 amide bonds. The van der Waals surface area contributed by atoms with Crippen molar-refractivity contribution >= 4 is 11.7 Å². The third-order valence-electron chi connectivity index (χ3n) is 5.80. The predicted octanol–water partition coefficient (Wildman–Crippen LogP) is 5.26. The molecule has 30 heavy (non-hydrogen) atoms. The van der Waals surface area contributed by atoms with E-state index in [-0.39, 0.29) is 23.0 Å². The number of nitrogens with zero attached hydrogens (tertiary/aromatic N) is 1. The molecule has 0 unspecified atom stereocenters. The lowest BCUT2D eigenvalue weighted by atomic mass is 9.87. The van der Waals surface area contributed by atoms with Crippen LogP contribution in [0.2, 0.25) is 0 Å². The molecule has 0 atom stereocenters. The maximum atomic E-state index is 12.6. The van der Waals surface area contributed by atoms with Gasteiger partial charge in [0.05, 0.1) is 6.61 Å². The lowest BCUT2D eigenvalue weighted by Crippen LogP contribution is -2.40. The number of hydrogen-bond acceptors (Lipinski definition) is 3. The van der Waals surface area contributed by atoms with Crippen molar-refractivity contribution in [1.29, 1.82) is 0 Å².